The maximum atomic E-state index is 11.9. The first-order valence-corrected chi connectivity index (χ1v) is 10.9. The van der Waals surface area contributed by atoms with Gasteiger partial charge in [-0.1, -0.05) is 30.3 Å². The van der Waals surface area contributed by atoms with Gasteiger partial charge in [-0.25, -0.2) is 9.78 Å². The molecule has 2 aromatic carbocycles. The van der Waals surface area contributed by atoms with Crippen molar-refractivity contribution >= 4 is 41.7 Å². The third kappa shape index (κ3) is 8.69. The number of hydrogen-bond acceptors (Lipinski definition) is 4. The second-order valence-corrected chi connectivity index (χ2v) is 8.53. The second-order valence-electron chi connectivity index (χ2n) is 8.53. The van der Waals surface area contributed by atoms with Gasteiger partial charge in [0.2, 0.25) is 0 Å². The van der Waals surface area contributed by atoms with Crippen LogP contribution in [0, 0.1) is 0 Å². The number of para-hydroxylation sites is 1. The van der Waals surface area contributed by atoms with E-state index in [1.165, 1.54) is 0 Å². The van der Waals surface area contributed by atoms with Gasteiger partial charge in [0.15, 0.2) is 5.96 Å². The molecular formula is C25H33IN6O2. The summed E-state index contributed by atoms with van der Waals surface area (Å²) in [4.78, 5) is 20.3. The Bertz CT molecular complexity index is 1060. The maximum Gasteiger partial charge on any atom is 0.412 e. The van der Waals surface area contributed by atoms with Crippen molar-refractivity contribution in [3.05, 3.63) is 78.4 Å². The van der Waals surface area contributed by atoms with Crippen LogP contribution < -0.4 is 16.0 Å². The topological polar surface area (TPSA) is 92.6 Å². The molecule has 0 saturated carbocycles. The average Bonchev–Trinajstić information content (AvgIpc) is 3.31. The number of amides is 1. The maximum absolute atomic E-state index is 11.9. The molecule has 3 N–H and O–H groups in total. The van der Waals surface area contributed by atoms with Gasteiger partial charge in [-0.05, 0) is 56.5 Å². The van der Waals surface area contributed by atoms with Crippen LogP contribution in [0.4, 0.5) is 10.5 Å². The monoisotopic (exact) mass is 576 g/mol. The van der Waals surface area contributed by atoms with Crippen LogP contribution in [0.3, 0.4) is 0 Å². The first-order valence-electron chi connectivity index (χ1n) is 10.9. The molecule has 182 valence electrons. The Morgan fingerprint density at radius 2 is 1.82 bits per heavy atom. The molecule has 0 aliphatic rings. The number of guanidine groups is 1. The van der Waals surface area contributed by atoms with E-state index in [1.54, 1.807) is 19.6 Å². The van der Waals surface area contributed by atoms with E-state index in [4.69, 9.17) is 4.74 Å². The largest absolute Gasteiger partial charge is 0.444 e. The standard InChI is InChI=1S/C25H32N6O2.HI/c1-25(2,3)33-24(32)30-21-11-9-19(10-12-21)13-14-28-23(26-4)29-17-20-7-5-6-8-22(20)31-16-15-27-18-31;/h5-12,15-16,18H,13-14,17H2,1-4H3,(H,30,32)(H2,26,28,29);1H. The summed E-state index contributed by atoms with van der Waals surface area (Å²) < 4.78 is 7.27. The lowest BCUT2D eigenvalue weighted by atomic mass is 10.1. The molecule has 9 heteroatoms. The Morgan fingerprint density at radius 1 is 1.09 bits per heavy atom. The van der Waals surface area contributed by atoms with E-state index in [1.807, 2.05) is 67.9 Å². The fourth-order valence-electron chi connectivity index (χ4n) is 3.21. The molecule has 1 aromatic heterocycles. The molecule has 8 nitrogen and oxygen atoms in total. The Kier molecular flexibility index (Phi) is 10.4. The summed E-state index contributed by atoms with van der Waals surface area (Å²) >= 11 is 0. The van der Waals surface area contributed by atoms with Gasteiger partial charge in [-0.15, -0.1) is 24.0 Å². The molecule has 0 bridgehead atoms. The van der Waals surface area contributed by atoms with E-state index in [0.717, 1.165) is 35.7 Å². The van der Waals surface area contributed by atoms with Crippen LogP contribution in [-0.2, 0) is 17.7 Å². The normalized spacial score (nSPS) is 11.4. The van der Waals surface area contributed by atoms with Gasteiger partial charge in [0.1, 0.15) is 5.60 Å². The Hall–Kier alpha value is -3.08. The molecule has 0 aliphatic heterocycles. The minimum atomic E-state index is -0.524. The van der Waals surface area contributed by atoms with Gasteiger partial charge in [-0.2, -0.15) is 0 Å². The molecule has 1 amide bonds. The van der Waals surface area contributed by atoms with Crippen molar-refractivity contribution in [2.24, 2.45) is 4.99 Å². The molecule has 0 aliphatic carbocycles. The summed E-state index contributed by atoms with van der Waals surface area (Å²) in [6.07, 6.45) is 5.85. The van der Waals surface area contributed by atoms with Crippen LogP contribution in [0.5, 0.6) is 0 Å². The molecule has 0 radical (unpaired) electrons. The Morgan fingerprint density at radius 3 is 2.47 bits per heavy atom. The van der Waals surface area contributed by atoms with E-state index in [9.17, 15) is 4.79 Å². The van der Waals surface area contributed by atoms with E-state index in [2.05, 4.69) is 38.1 Å². The van der Waals surface area contributed by atoms with Crippen LogP contribution >= 0.6 is 24.0 Å². The van der Waals surface area contributed by atoms with Gasteiger partial charge < -0.3 is 19.9 Å². The lowest BCUT2D eigenvalue weighted by Crippen LogP contribution is -2.38. The lowest BCUT2D eigenvalue weighted by molar-refractivity contribution is 0.0636. The second kappa shape index (κ2) is 13.0. The molecule has 0 fully saturated rings. The minimum absolute atomic E-state index is 0. The summed E-state index contributed by atoms with van der Waals surface area (Å²) in [6.45, 7) is 6.87. The van der Waals surface area contributed by atoms with Crippen LogP contribution in [0.25, 0.3) is 5.69 Å². The highest BCUT2D eigenvalue weighted by Gasteiger charge is 2.16. The quantitative estimate of drug-likeness (QED) is 0.215. The number of halogens is 1. The zero-order chi connectivity index (χ0) is 23.7. The molecule has 0 atom stereocenters. The number of aromatic nitrogens is 2. The molecule has 3 rings (SSSR count). The highest BCUT2D eigenvalue weighted by molar-refractivity contribution is 14.0. The van der Waals surface area contributed by atoms with Crippen molar-refractivity contribution in [1.82, 2.24) is 20.2 Å². The highest BCUT2D eigenvalue weighted by Crippen LogP contribution is 2.14. The predicted octanol–water partition coefficient (Wildman–Crippen LogP) is 4.75. The number of rotatable bonds is 7. The van der Waals surface area contributed by atoms with Crippen LogP contribution in [0.1, 0.15) is 31.9 Å². The number of nitrogens with zero attached hydrogens (tertiary/aromatic N) is 3. The molecule has 0 saturated heterocycles. The van der Waals surface area contributed by atoms with Gasteiger partial charge >= 0.3 is 6.09 Å². The third-order valence-electron chi connectivity index (χ3n) is 4.75. The number of nitrogens with one attached hydrogen (secondary N) is 3. The summed E-state index contributed by atoms with van der Waals surface area (Å²) in [6, 6.07) is 15.9. The van der Waals surface area contributed by atoms with Crippen molar-refractivity contribution < 1.29 is 9.53 Å². The van der Waals surface area contributed by atoms with Crippen molar-refractivity contribution in [2.75, 3.05) is 18.9 Å². The Balaban J connectivity index is 0.00000408. The number of imidazole rings is 1. The average molecular weight is 576 g/mol. The summed E-state index contributed by atoms with van der Waals surface area (Å²) in [5.74, 6) is 0.735. The van der Waals surface area contributed by atoms with Gasteiger partial charge in [-0.3, -0.25) is 10.3 Å². The van der Waals surface area contributed by atoms with E-state index >= 15 is 0 Å². The molecule has 0 unspecified atom stereocenters. The Labute approximate surface area is 218 Å². The zero-order valence-corrected chi connectivity index (χ0v) is 22.4. The van der Waals surface area contributed by atoms with Crippen molar-refractivity contribution in [1.29, 1.82) is 0 Å². The number of carbonyl (C=O) groups is 1. The van der Waals surface area contributed by atoms with Gasteiger partial charge in [0.05, 0.1) is 12.0 Å². The lowest BCUT2D eigenvalue weighted by Gasteiger charge is -2.19. The number of hydrogen-bond donors (Lipinski definition) is 3. The van der Waals surface area contributed by atoms with E-state index < -0.39 is 11.7 Å². The predicted molar refractivity (Wildman–Crippen MR) is 147 cm³/mol. The van der Waals surface area contributed by atoms with E-state index in [0.29, 0.717) is 12.2 Å². The number of ether oxygens (including phenoxy) is 1. The van der Waals surface area contributed by atoms with Gasteiger partial charge in [0, 0.05) is 38.2 Å². The van der Waals surface area contributed by atoms with E-state index in [-0.39, 0.29) is 24.0 Å². The molecular weight excluding hydrogens is 543 g/mol. The molecule has 34 heavy (non-hydrogen) atoms. The van der Waals surface area contributed by atoms with Crippen LogP contribution in [-0.4, -0.2) is 40.8 Å². The van der Waals surface area contributed by atoms with Crippen molar-refractivity contribution in [2.45, 2.75) is 39.3 Å². The first kappa shape index (κ1) is 27.2. The number of carbonyl (C=O) groups excluding carboxylic acids is 1. The fraction of sp³-hybridized carbons (Fsp3) is 0.320. The molecule has 1 heterocycles. The number of benzene rings is 2. The summed E-state index contributed by atoms with van der Waals surface area (Å²) in [5, 5.41) is 9.46. The minimum Gasteiger partial charge on any atom is -0.444 e. The number of aliphatic imine (C=N–C) groups is 1. The van der Waals surface area contributed by atoms with Crippen molar-refractivity contribution in [3.8, 4) is 5.69 Å². The summed E-state index contributed by atoms with van der Waals surface area (Å²) in [5.41, 5.74) is 3.56. The highest BCUT2D eigenvalue weighted by atomic mass is 127. The van der Waals surface area contributed by atoms with Crippen molar-refractivity contribution in [3.63, 3.8) is 0 Å². The first-order chi connectivity index (χ1) is 15.8. The van der Waals surface area contributed by atoms with Gasteiger partial charge in [0.25, 0.3) is 0 Å². The SMILES string of the molecule is CN=C(NCCc1ccc(NC(=O)OC(C)(C)C)cc1)NCc1ccccc1-n1ccnc1.I. The van der Waals surface area contributed by atoms with Crippen LogP contribution in [0.15, 0.2) is 72.2 Å². The smallest absolute Gasteiger partial charge is 0.412 e. The fourth-order valence-corrected chi connectivity index (χ4v) is 3.21. The van der Waals surface area contributed by atoms with Crippen LogP contribution in [0.2, 0.25) is 0 Å². The third-order valence-corrected chi connectivity index (χ3v) is 4.75. The summed E-state index contributed by atoms with van der Waals surface area (Å²) in [7, 11) is 1.76. The zero-order valence-electron chi connectivity index (χ0n) is 20.0. The molecule has 0 spiro atoms. The molecule has 3 aromatic rings. The number of anilines is 1.